The summed E-state index contributed by atoms with van der Waals surface area (Å²) in [5, 5.41) is 11.9. The van der Waals surface area contributed by atoms with E-state index < -0.39 is 11.7 Å². The first-order chi connectivity index (χ1) is 16.4. The minimum Gasteiger partial charge on any atom is -0.298 e. The van der Waals surface area contributed by atoms with Crippen molar-refractivity contribution in [2.24, 2.45) is 0 Å². The van der Waals surface area contributed by atoms with Crippen LogP contribution < -0.4 is 5.56 Å². The molecule has 0 bridgehead atoms. The van der Waals surface area contributed by atoms with Gasteiger partial charge in [0.15, 0.2) is 0 Å². The molecule has 5 rings (SSSR count). The molecule has 1 atom stereocenters. The summed E-state index contributed by atoms with van der Waals surface area (Å²) in [7, 11) is 0. The average Bonchev–Trinajstić information content (AvgIpc) is 3.23. The van der Waals surface area contributed by atoms with Crippen LogP contribution in [0.5, 0.6) is 0 Å². The van der Waals surface area contributed by atoms with E-state index in [1.165, 1.54) is 23.9 Å². The molecule has 0 spiro atoms. The van der Waals surface area contributed by atoms with Gasteiger partial charge in [-0.25, -0.2) is 0 Å². The molecule has 4 aromatic rings. The van der Waals surface area contributed by atoms with Crippen LogP contribution in [-0.4, -0.2) is 10.3 Å². The predicted octanol–water partition coefficient (Wildman–Crippen LogP) is 6.84. The van der Waals surface area contributed by atoms with Gasteiger partial charge in [-0.2, -0.15) is 18.4 Å². The Kier molecular flexibility index (Phi) is 5.70. The number of alkyl halides is 3. The maximum absolute atomic E-state index is 13.5. The number of pyridine rings is 1. The van der Waals surface area contributed by atoms with Crippen LogP contribution in [-0.2, 0) is 12.6 Å². The molecule has 0 radical (unpaired) electrons. The first-order valence-corrected chi connectivity index (χ1v) is 11.8. The number of fused-ring (bicyclic) bond motifs is 2. The topological polar surface area (TPSA) is 45.8 Å². The molecule has 34 heavy (non-hydrogen) atoms. The summed E-state index contributed by atoms with van der Waals surface area (Å²) in [5.41, 5.74) is 1.75. The Balaban J connectivity index is 1.74. The molecule has 0 saturated heterocycles. The second kappa shape index (κ2) is 8.69. The highest BCUT2D eigenvalue weighted by Gasteiger charge is 2.32. The van der Waals surface area contributed by atoms with Crippen molar-refractivity contribution in [2.45, 2.75) is 30.1 Å². The highest BCUT2D eigenvalue weighted by Crippen LogP contribution is 2.43. The number of aromatic nitrogens is 1. The lowest BCUT2D eigenvalue weighted by molar-refractivity contribution is -0.137. The summed E-state index contributed by atoms with van der Waals surface area (Å²) in [5.74, 6) is 0.534. The molecule has 0 amide bonds. The molecule has 3 aromatic carbocycles. The summed E-state index contributed by atoms with van der Waals surface area (Å²) < 4.78 is 42.1. The Hall–Kier alpha value is -3.50. The highest BCUT2D eigenvalue weighted by molar-refractivity contribution is 7.99. The zero-order chi connectivity index (χ0) is 23.9. The van der Waals surface area contributed by atoms with Gasteiger partial charge in [-0.1, -0.05) is 54.6 Å². The Morgan fingerprint density at radius 2 is 1.76 bits per heavy atom. The maximum atomic E-state index is 13.5. The van der Waals surface area contributed by atoms with Crippen molar-refractivity contribution in [3.8, 4) is 17.2 Å². The standard InChI is InChI=1S/C27H19F3N2OS/c28-27(29,30)21-9-4-8-19(14-21)25-20(13-18-7-3-6-17-5-1-2-10-23(17)18)15-24(33)32-22(11-12-31)16-34-26(25)32/h1-10,14-15,22H,11,13,16H2. The van der Waals surface area contributed by atoms with Gasteiger partial charge in [0, 0.05) is 17.4 Å². The molecule has 7 heteroatoms. The lowest BCUT2D eigenvalue weighted by Gasteiger charge is -2.19. The first-order valence-electron chi connectivity index (χ1n) is 10.8. The Morgan fingerprint density at radius 3 is 2.56 bits per heavy atom. The molecule has 1 aromatic heterocycles. The van der Waals surface area contributed by atoms with E-state index in [1.54, 1.807) is 10.6 Å². The van der Waals surface area contributed by atoms with Crippen molar-refractivity contribution in [3.63, 3.8) is 0 Å². The molecule has 1 aliphatic heterocycles. The highest BCUT2D eigenvalue weighted by atomic mass is 32.2. The van der Waals surface area contributed by atoms with Crippen molar-refractivity contribution in [3.05, 3.63) is 99.8 Å². The number of nitrogens with zero attached hydrogens (tertiary/aromatic N) is 2. The van der Waals surface area contributed by atoms with E-state index in [9.17, 15) is 23.2 Å². The van der Waals surface area contributed by atoms with E-state index >= 15 is 0 Å². The van der Waals surface area contributed by atoms with Crippen molar-refractivity contribution in [1.82, 2.24) is 4.57 Å². The molecule has 1 aliphatic rings. The summed E-state index contributed by atoms with van der Waals surface area (Å²) in [6, 6.07) is 22.4. The fraction of sp³-hybridized carbons (Fsp3) is 0.185. The number of halogens is 3. The fourth-order valence-electron chi connectivity index (χ4n) is 4.59. The van der Waals surface area contributed by atoms with Crippen molar-refractivity contribution in [1.29, 1.82) is 5.26 Å². The van der Waals surface area contributed by atoms with Crippen molar-refractivity contribution < 1.29 is 13.2 Å². The number of thioether (sulfide) groups is 1. The van der Waals surface area contributed by atoms with E-state index in [0.717, 1.165) is 28.5 Å². The molecule has 1 unspecified atom stereocenters. The predicted molar refractivity (Wildman–Crippen MR) is 128 cm³/mol. The largest absolute Gasteiger partial charge is 0.416 e. The molecule has 0 aliphatic carbocycles. The van der Waals surface area contributed by atoms with Gasteiger partial charge in [-0.05, 0) is 46.0 Å². The van der Waals surface area contributed by atoms with Gasteiger partial charge in [-0.3, -0.25) is 9.36 Å². The monoisotopic (exact) mass is 476 g/mol. The van der Waals surface area contributed by atoms with E-state index in [4.69, 9.17) is 0 Å². The third-order valence-electron chi connectivity index (χ3n) is 6.13. The van der Waals surface area contributed by atoms with Gasteiger partial charge < -0.3 is 0 Å². The summed E-state index contributed by atoms with van der Waals surface area (Å²) in [6.45, 7) is 0. The van der Waals surface area contributed by atoms with E-state index in [2.05, 4.69) is 6.07 Å². The molecular weight excluding hydrogens is 457 g/mol. The molecular formula is C27H19F3N2OS. The van der Waals surface area contributed by atoms with Gasteiger partial charge in [0.25, 0.3) is 5.56 Å². The zero-order valence-electron chi connectivity index (χ0n) is 18.0. The van der Waals surface area contributed by atoms with Gasteiger partial charge >= 0.3 is 6.18 Å². The smallest absolute Gasteiger partial charge is 0.298 e. The summed E-state index contributed by atoms with van der Waals surface area (Å²) in [6.07, 6.45) is -3.90. The molecule has 0 saturated carbocycles. The van der Waals surface area contributed by atoms with Gasteiger partial charge in [0.1, 0.15) is 0 Å². The maximum Gasteiger partial charge on any atom is 0.416 e. The third-order valence-corrected chi connectivity index (χ3v) is 7.36. The van der Waals surface area contributed by atoms with E-state index in [-0.39, 0.29) is 18.0 Å². The van der Waals surface area contributed by atoms with Crippen molar-refractivity contribution in [2.75, 3.05) is 5.75 Å². The van der Waals surface area contributed by atoms with Crippen LogP contribution in [0.2, 0.25) is 0 Å². The third kappa shape index (κ3) is 3.99. The van der Waals surface area contributed by atoms with Crippen LogP contribution in [0.1, 0.15) is 29.2 Å². The summed E-state index contributed by atoms with van der Waals surface area (Å²) in [4.78, 5) is 13.1. The van der Waals surface area contributed by atoms with Crippen LogP contribution >= 0.6 is 11.8 Å². The van der Waals surface area contributed by atoms with Crippen molar-refractivity contribution >= 4 is 22.5 Å². The number of rotatable bonds is 4. The van der Waals surface area contributed by atoms with E-state index in [1.807, 2.05) is 42.5 Å². The quantitative estimate of drug-likeness (QED) is 0.324. The Labute approximate surface area is 198 Å². The first kappa shape index (κ1) is 22.3. The normalized spacial score (nSPS) is 15.3. The van der Waals surface area contributed by atoms with Gasteiger partial charge in [0.2, 0.25) is 0 Å². The van der Waals surface area contributed by atoms with E-state index in [0.29, 0.717) is 33.9 Å². The lowest BCUT2D eigenvalue weighted by Crippen LogP contribution is -2.24. The minimum absolute atomic E-state index is 0.171. The van der Waals surface area contributed by atoms with Crippen LogP contribution in [0, 0.1) is 11.3 Å². The second-order valence-electron chi connectivity index (χ2n) is 8.28. The Bertz CT molecular complexity index is 1500. The Morgan fingerprint density at radius 1 is 1.00 bits per heavy atom. The van der Waals surface area contributed by atoms with Crippen LogP contribution in [0.25, 0.3) is 21.9 Å². The van der Waals surface area contributed by atoms with Crippen LogP contribution in [0.3, 0.4) is 0 Å². The number of hydrogen-bond donors (Lipinski definition) is 0. The number of hydrogen-bond acceptors (Lipinski definition) is 3. The van der Waals surface area contributed by atoms with Crippen LogP contribution in [0.15, 0.2) is 82.6 Å². The van der Waals surface area contributed by atoms with Gasteiger partial charge in [0.05, 0.1) is 29.1 Å². The minimum atomic E-state index is -4.48. The number of benzene rings is 3. The lowest BCUT2D eigenvalue weighted by atomic mass is 9.93. The van der Waals surface area contributed by atoms with Crippen LogP contribution in [0.4, 0.5) is 13.2 Å². The molecule has 170 valence electrons. The second-order valence-corrected chi connectivity index (χ2v) is 9.29. The molecule has 3 nitrogen and oxygen atoms in total. The summed E-state index contributed by atoms with van der Waals surface area (Å²) >= 11 is 1.42. The molecule has 2 heterocycles. The average molecular weight is 477 g/mol. The SMILES string of the molecule is N#CCC1CSc2c(-c3cccc(C(F)(F)F)c3)c(Cc3cccc4ccccc34)cc(=O)n21. The zero-order valence-corrected chi connectivity index (χ0v) is 18.8. The number of nitriles is 1. The van der Waals surface area contributed by atoms with Gasteiger partial charge in [-0.15, -0.1) is 11.8 Å². The molecule has 0 N–H and O–H groups in total. The fourth-order valence-corrected chi connectivity index (χ4v) is 5.98. The molecule has 0 fully saturated rings.